The van der Waals surface area contributed by atoms with Crippen LogP contribution in [0, 0.1) is 0 Å². The maximum absolute atomic E-state index is 9.78. The Morgan fingerprint density at radius 1 is 1.29 bits per heavy atom. The molecule has 0 atom stereocenters. The topological polar surface area (TPSA) is 62.0 Å². The molecule has 1 fully saturated rings. The summed E-state index contributed by atoms with van der Waals surface area (Å²) >= 11 is 6.30. The molecule has 1 aliphatic heterocycles. The highest BCUT2D eigenvalue weighted by molar-refractivity contribution is 6.32. The minimum atomic E-state index is -0.109. The molecule has 7 heteroatoms. The predicted octanol–water partition coefficient (Wildman–Crippen LogP) is 3.34. The van der Waals surface area contributed by atoms with Crippen molar-refractivity contribution in [2.45, 2.75) is 25.5 Å². The summed E-state index contributed by atoms with van der Waals surface area (Å²) in [6.07, 6.45) is 6.29. The van der Waals surface area contributed by atoms with E-state index in [1.165, 1.54) is 5.69 Å². The zero-order chi connectivity index (χ0) is 19.7. The molecule has 0 bridgehead atoms. The third-order valence-corrected chi connectivity index (χ3v) is 5.83. The molecule has 1 saturated heterocycles. The molecule has 2 aromatic heterocycles. The molecule has 4 rings (SSSR count). The van der Waals surface area contributed by atoms with Gasteiger partial charge in [-0.2, -0.15) is 0 Å². The van der Waals surface area contributed by atoms with Gasteiger partial charge in [-0.15, -0.1) is 0 Å². The van der Waals surface area contributed by atoms with Crippen molar-refractivity contribution in [1.29, 1.82) is 0 Å². The predicted molar refractivity (Wildman–Crippen MR) is 112 cm³/mol. The van der Waals surface area contributed by atoms with Gasteiger partial charge in [0.1, 0.15) is 11.4 Å². The van der Waals surface area contributed by atoms with E-state index < -0.39 is 0 Å². The number of anilines is 1. The fraction of sp³-hybridized carbons (Fsp3) is 0.381. The first-order chi connectivity index (χ1) is 13.6. The van der Waals surface area contributed by atoms with E-state index in [2.05, 4.69) is 22.3 Å². The number of imidazole rings is 1. The smallest absolute Gasteiger partial charge is 0.139 e. The monoisotopic (exact) mass is 400 g/mol. The van der Waals surface area contributed by atoms with Gasteiger partial charge in [0.2, 0.25) is 0 Å². The van der Waals surface area contributed by atoms with Crippen molar-refractivity contribution in [3.05, 3.63) is 47.2 Å². The molecule has 0 spiro atoms. The Labute approximate surface area is 169 Å². The number of piperidine rings is 1. The summed E-state index contributed by atoms with van der Waals surface area (Å²) in [5.74, 6) is 0.547. The molecule has 28 heavy (non-hydrogen) atoms. The lowest BCUT2D eigenvalue weighted by Gasteiger charge is -2.33. The summed E-state index contributed by atoms with van der Waals surface area (Å²) in [6.45, 7) is 1.97. The van der Waals surface area contributed by atoms with Crippen LogP contribution in [-0.2, 0) is 6.61 Å². The molecule has 6 nitrogen and oxygen atoms in total. The lowest BCUT2D eigenvalue weighted by molar-refractivity contribution is 0.281. The van der Waals surface area contributed by atoms with Crippen molar-refractivity contribution in [2.75, 3.05) is 32.1 Å². The van der Waals surface area contributed by atoms with Crippen LogP contribution in [0.25, 0.3) is 16.9 Å². The molecule has 3 heterocycles. The number of aliphatic hydroxyl groups excluding tert-OH is 1. The van der Waals surface area contributed by atoms with Crippen LogP contribution in [0.5, 0.6) is 5.75 Å². The number of nitrogens with zero attached hydrogens (tertiary/aromatic N) is 3. The minimum Gasteiger partial charge on any atom is -0.495 e. The summed E-state index contributed by atoms with van der Waals surface area (Å²) in [7, 11) is 3.60. The van der Waals surface area contributed by atoms with Crippen LogP contribution in [0.4, 0.5) is 5.69 Å². The van der Waals surface area contributed by atoms with Crippen LogP contribution in [0.2, 0.25) is 5.02 Å². The van der Waals surface area contributed by atoms with Gasteiger partial charge in [0.25, 0.3) is 0 Å². The first-order valence-electron chi connectivity index (χ1n) is 9.51. The van der Waals surface area contributed by atoms with Gasteiger partial charge in [0.15, 0.2) is 0 Å². The number of rotatable bonds is 5. The average molecular weight is 401 g/mol. The average Bonchev–Trinajstić information content (AvgIpc) is 3.16. The van der Waals surface area contributed by atoms with Crippen LogP contribution in [0.3, 0.4) is 0 Å². The van der Waals surface area contributed by atoms with Crippen molar-refractivity contribution in [3.8, 4) is 17.0 Å². The Morgan fingerprint density at radius 2 is 2.07 bits per heavy atom. The van der Waals surface area contributed by atoms with E-state index in [-0.39, 0.29) is 6.61 Å². The van der Waals surface area contributed by atoms with E-state index in [0.717, 1.165) is 48.4 Å². The van der Waals surface area contributed by atoms with Crippen LogP contribution < -0.4 is 15.0 Å². The molecule has 0 saturated carbocycles. The van der Waals surface area contributed by atoms with Crippen LogP contribution in [-0.4, -0.2) is 47.8 Å². The van der Waals surface area contributed by atoms with E-state index in [1.54, 1.807) is 19.2 Å². The normalized spacial score (nSPS) is 15.4. The standard InChI is InChI=1S/C21H25ClN4O2/c1-23-15-3-6-25(7-4-15)16-5-8-26-12-19(24-21(26)10-16)17-11-18(22)20(28-2)9-14(17)13-27/h5,8-12,15,23,27H,3-4,6-7,13H2,1-2H3. The van der Waals surface area contributed by atoms with Crippen LogP contribution >= 0.6 is 11.6 Å². The zero-order valence-corrected chi connectivity index (χ0v) is 16.9. The van der Waals surface area contributed by atoms with Crippen LogP contribution in [0.1, 0.15) is 18.4 Å². The Balaban J connectivity index is 1.67. The highest BCUT2D eigenvalue weighted by Gasteiger charge is 2.19. The van der Waals surface area contributed by atoms with Gasteiger partial charge in [0, 0.05) is 48.8 Å². The van der Waals surface area contributed by atoms with Gasteiger partial charge >= 0.3 is 0 Å². The number of fused-ring (bicyclic) bond motifs is 1. The number of ether oxygens (including phenoxy) is 1. The molecular formula is C21H25ClN4O2. The first-order valence-corrected chi connectivity index (χ1v) is 9.89. The van der Waals surface area contributed by atoms with E-state index >= 15 is 0 Å². The second kappa shape index (κ2) is 7.99. The zero-order valence-electron chi connectivity index (χ0n) is 16.2. The molecule has 1 aromatic carbocycles. The Kier molecular flexibility index (Phi) is 5.44. The Hall–Kier alpha value is -2.28. The summed E-state index contributed by atoms with van der Waals surface area (Å²) in [5, 5.41) is 13.6. The summed E-state index contributed by atoms with van der Waals surface area (Å²) in [6, 6.07) is 8.42. The Bertz CT molecular complexity index is 980. The second-order valence-corrected chi connectivity index (χ2v) is 7.54. The van der Waals surface area contributed by atoms with Crippen molar-refractivity contribution < 1.29 is 9.84 Å². The fourth-order valence-corrected chi connectivity index (χ4v) is 4.09. The molecule has 1 aliphatic rings. The maximum Gasteiger partial charge on any atom is 0.139 e. The molecular weight excluding hydrogens is 376 g/mol. The lowest BCUT2D eigenvalue weighted by Crippen LogP contribution is -2.41. The van der Waals surface area contributed by atoms with Crippen molar-refractivity contribution in [1.82, 2.24) is 14.7 Å². The number of pyridine rings is 1. The number of aliphatic hydroxyl groups is 1. The summed E-state index contributed by atoms with van der Waals surface area (Å²) in [4.78, 5) is 7.20. The largest absolute Gasteiger partial charge is 0.495 e. The van der Waals surface area contributed by atoms with Gasteiger partial charge in [-0.3, -0.25) is 0 Å². The SMILES string of the molecule is CNC1CCN(c2ccn3cc(-c4cc(Cl)c(OC)cc4CO)nc3c2)CC1. The number of nitrogens with one attached hydrogen (secondary N) is 1. The third-order valence-electron chi connectivity index (χ3n) is 5.54. The molecule has 0 radical (unpaired) electrons. The second-order valence-electron chi connectivity index (χ2n) is 7.13. The third kappa shape index (κ3) is 3.55. The molecule has 3 aromatic rings. The molecule has 0 amide bonds. The van der Waals surface area contributed by atoms with Gasteiger partial charge < -0.3 is 24.5 Å². The Morgan fingerprint density at radius 3 is 2.75 bits per heavy atom. The van der Waals surface area contributed by atoms with Gasteiger partial charge in [-0.1, -0.05) is 11.6 Å². The van der Waals surface area contributed by atoms with Crippen molar-refractivity contribution in [2.24, 2.45) is 0 Å². The van der Waals surface area contributed by atoms with Gasteiger partial charge in [-0.05, 0) is 43.7 Å². The number of hydrogen-bond donors (Lipinski definition) is 2. The number of hydrogen-bond acceptors (Lipinski definition) is 5. The fourth-order valence-electron chi connectivity index (χ4n) is 3.85. The first kappa shape index (κ1) is 19.1. The van der Waals surface area contributed by atoms with Crippen LogP contribution in [0.15, 0.2) is 36.7 Å². The molecule has 2 N–H and O–H groups in total. The number of benzene rings is 1. The quantitative estimate of drug-likeness (QED) is 0.687. The van der Waals surface area contributed by atoms with Gasteiger partial charge in [-0.25, -0.2) is 4.98 Å². The van der Waals surface area contributed by atoms with Gasteiger partial charge in [0.05, 0.1) is 24.4 Å². The molecule has 148 valence electrons. The van der Waals surface area contributed by atoms with E-state index in [9.17, 15) is 5.11 Å². The summed E-state index contributed by atoms with van der Waals surface area (Å²) < 4.78 is 7.26. The number of methoxy groups -OCH3 is 1. The van der Waals surface area contributed by atoms with E-state index in [4.69, 9.17) is 21.3 Å². The lowest BCUT2D eigenvalue weighted by atomic mass is 10.0. The number of aromatic nitrogens is 2. The van der Waals surface area contributed by atoms with Crippen molar-refractivity contribution >= 4 is 22.9 Å². The highest BCUT2D eigenvalue weighted by Crippen LogP contribution is 2.34. The van der Waals surface area contributed by atoms with E-state index in [0.29, 0.717) is 16.8 Å². The number of halogens is 1. The van der Waals surface area contributed by atoms with Crippen molar-refractivity contribution in [3.63, 3.8) is 0 Å². The highest BCUT2D eigenvalue weighted by atomic mass is 35.5. The molecule has 0 aliphatic carbocycles. The molecule has 0 unspecified atom stereocenters. The minimum absolute atomic E-state index is 0.109. The van der Waals surface area contributed by atoms with E-state index in [1.807, 2.05) is 23.8 Å². The maximum atomic E-state index is 9.78. The summed E-state index contributed by atoms with van der Waals surface area (Å²) in [5.41, 5.74) is 4.39.